The van der Waals surface area contributed by atoms with Gasteiger partial charge in [-0.2, -0.15) is 5.26 Å². The van der Waals surface area contributed by atoms with Gasteiger partial charge in [0, 0.05) is 39.1 Å². The van der Waals surface area contributed by atoms with Crippen molar-refractivity contribution in [1.82, 2.24) is 9.80 Å². The highest BCUT2D eigenvalue weighted by molar-refractivity contribution is 5.85. The van der Waals surface area contributed by atoms with Gasteiger partial charge in [-0.25, -0.2) is 0 Å². The number of hydrogen-bond acceptors (Lipinski definition) is 4. The van der Waals surface area contributed by atoms with E-state index in [-0.39, 0.29) is 5.91 Å². The minimum atomic E-state index is -0.884. The maximum absolute atomic E-state index is 12.5. The van der Waals surface area contributed by atoms with Crippen molar-refractivity contribution < 1.29 is 14.7 Å². The van der Waals surface area contributed by atoms with Crippen LogP contribution in [0.1, 0.15) is 19.3 Å². The van der Waals surface area contributed by atoms with Crippen LogP contribution in [0.15, 0.2) is 12.2 Å². The highest BCUT2D eigenvalue weighted by Gasteiger charge is 2.37. The van der Waals surface area contributed by atoms with Gasteiger partial charge in [0.15, 0.2) is 0 Å². The molecule has 1 heterocycles. The van der Waals surface area contributed by atoms with Gasteiger partial charge in [-0.3, -0.25) is 14.5 Å². The summed E-state index contributed by atoms with van der Waals surface area (Å²) in [4.78, 5) is 27.8. The number of allylic oxidation sites excluding steroid dienone is 2. The highest BCUT2D eigenvalue weighted by Crippen LogP contribution is 2.28. The molecule has 21 heavy (non-hydrogen) atoms. The largest absolute Gasteiger partial charge is 0.481 e. The standard InChI is InChI=1S/C15H21N3O3/c16-6-3-7-17-8-10-18(11-9-17)14(19)12-4-1-2-5-13(12)15(20)21/h1-2,12-13H,3-5,7-11H2,(H,20,21). The number of carboxylic acid groups (broad SMARTS) is 1. The Morgan fingerprint density at radius 1 is 1.14 bits per heavy atom. The Labute approximate surface area is 124 Å². The first-order valence-electron chi connectivity index (χ1n) is 7.39. The van der Waals surface area contributed by atoms with Gasteiger partial charge in [0.25, 0.3) is 0 Å². The number of hydrogen-bond donors (Lipinski definition) is 1. The Morgan fingerprint density at radius 3 is 2.33 bits per heavy atom. The number of aliphatic carboxylic acids is 1. The fourth-order valence-electron chi connectivity index (χ4n) is 2.99. The lowest BCUT2D eigenvalue weighted by Gasteiger charge is -2.37. The molecule has 1 N–H and O–H groups in total. The summed E-state index contributed by atoms with van der Waals surface area (Å²) in [6, 6.07) is 2.12. The molecule has 2 atom stereocenters. The minimum absolute atomic E-state index is 0.0355. The molecule has 1 aliphatic carbocycles. The van der Waals surface area contributed by atoms with E-state index < -0.39 is 17.8 Å². The van der Waals surface area contributed by atoms with E-state index in [2.05, 4.69) is 11.0 Å². The molecule has 0 aromatic rings. The Hall–Kier alpha value is -1.87. The molecule has 2 aliphatic rings. The van der Waals surface area contributed by atoms with Crippen LogP contribution in [0.3, 0.4) is 0 Å². The van der Waals surface area contributed by atoms with Crippen molar-refractivity contribution in [3.05, 3.63) is 12.2 Å². The third-order valence-electron chi connectivity index (χ3n) is 4.29. The Balaban J connectivity index is 1.90. The van der Waals surface area contributed by atoms with Gasteiger partial charge in [-0.15, -0.1) is 0 Å². The predicted octanol–water partition coefficient (Wildman–Crippen LogP) is 0.711. The molecule has 114 valence electrons. The number of nitriles is 1. The van der Waals surface area contributed by atoms with Crippen LogP contribution in [0.4, 0.5) is 0 Å². The van der Waals surface area contributed by atoms with Crippen molar-refractivity contribution in [3.63, 3.8) is 0 Å². The van der Waals surface area contributed by atoms with E-state index in [1.807, 2.05) is 12.2 Å². The van der Waals surface area contributed by atoms with Crippen molar-refractivity contribution in [3.8, 4) is 6.07 Å². The van der Waals surface area contributed by atoms with E-state index in [1.54, 1.807) is 4.90 Å². The number of piperazine rings is 1. The molecule has 0 aromatic heterocycles. The first kappa shape index (κ1) is 15.5. The molecule has 0 aromatic carbocycles. The number of carbonyl (C=O) groups excluding carboxylic acids is 1. The average molecular weight is 291 g/mol. The summed E-state index contributed by atoms with van der Waals surface area (Å²) in [6.07, 6.45) is 5.22. The van der Waals surface area contributed by atoms with E-state index in [1.165, 1.54) is 0 Å². The van der Waals surface area contributed by atoms with Crippen LogP contribution in [-0.4, -0.2) is 59.5 Å². The Bertz CT molecular complexity index is 461. The molecule has 6 nitrogen and oxygen atoms in total. The topological polar surface area (TPSA) is 84.6 Å². The van der Waals surface area contributed by atoms with Crippen LogP contribution in [0.2, 0.25) is 0 Å². The SMILES string of the molecule is N#CCCN1CCN(C(=O)C2CC=CCC2C(=O)O)CC1. The number of carboxylic acids is 1. The van der Waals surface area contributed by atoms with Gasteiger partial charge in [-0.05, 0) is 12.8 Å². The molecule has 6 heteroatoms. The number of rotatable bonds is 4. The van der Waals surface area contributed by atoms with Gasteiger partial charge in [0.1, 0.15) is 0 Å². The van der Waals surface area contributed by atoms with Crippen molar-refractivity contribution in [2.75, 3.05) is 32.7 Å². The van der Waals surface area contributed by atoms with Gasteiger partial charge in [-0.1, -0.05) is 12.2 Å². The second-order valence-corrected chi connectivity index (χ2v) is 5.57. The molecule has 2 rings (SSSR count). The van der Waals surface area contributed by atoms with Gasteiger partial charge < -0.3 is 10.0 Å². The van der Waals surface area contributed by atoms with Gasteiger partial charge >= 0.3 is 5.97 Å². The van der Waals surface area contributed by atoms with Crippen molar-refractivity contribution in [2.24, 2.45) is 11.8 Å². The van der Waals surface area contributed by atoms with E-state index in [9.17, 15) is 14.7 Å². The molecule has 0 bridgehead atoms. The molecule has 1 aliphatic heterocycles. The maximum Gasteiger partial charge on any atom is 0.307 e. The van der Waals surface area contributed by atoms with Crippen LogP contribution in [-0.2, 0) is 9.59 Å². The maximum atomic E-state index is 12.5. The van der Waals surface area contributed by atoms with Crippen LogP contribution in [0.5, 0.6) is 0 Å². The van der Waals surface area contributed by atoms with E-state index in [0.717, 1.165) is 19.6 Å². The Kier molecular flexibility index (Phi) is 5.34. The lowest BCUT2D eigenvalue weighted by Crippen LogP contribution is -2.51. The lowest BCUT2D eigenvalue weighted by molar-refractivity contribution is -0.151. The predicted molar refractivity (Wildman–Crippen MR) is 76.2 cm³/mol. The van der Waals surface area contributed by atoms with E-state index in [0.29, 0.717) is 32.4 Å². The summed E-state index contributed by atoms with van der Waals surface area (Å²) in [5, 5.41) is 17.8. The summed E-state index contributed by atoms with van der Waals surface area (Å²) >= 11 is 0. The molecule has 0 radical (unpaired) electrons. The molecule has 1 fully saturated rings. The molecular weight excluding hydrogens is 270 g/mol. The zero-order valence-electron chi connectivity index (χ0n) is 12.1. The summed E-state index contributed by atoms with van der Waals surface area (Å²) in [6.45, 7) is 3.50. The highest BCUT2D eigenvalue weighted by atomic mass is 16.4. The van der Waals surface area contributed by atoms with Gasteiger partial charge in [0.2, 0.25) is 5.91 Å². The van der Waals surface area contributed by atoms with E-state index in [4.69, 9.17) is 5.26 Å². The lowest BCUT2D eigenvalue weighted by atomic mass is 9.82. The summed E-state index contributed by atoms with van der Waals surface area (Å²) in [5.41, 5.74) is 0. The molecular formula is C15H21N3O3. The van der Waals surface area contributed by atoms with Crippen LogP contribution >= 0.6 is 0 Å². The van der Waals surface area contributed by atoms with Crippen LogP contribution < -0.4 is 0 Å². The van der Waals surface area contributed by atoms with Crippen molar-refractivity contribution in [1.29, 1.82) is 5.26 Å². The number of amides is 1. The normalized spacial score (nSPS) is 26.3. The van der Waals surface area contributed by atoms with Crippen LogP contribution in [0, 0.1) is 23.2 Å². The minimum Gasteiger partial charge on any atom is -0.481 e. The first-order valence-corrected chi connectivity index (χ1v) is 7.39. The average Bonchev–Trinajstić information content (AvgIpc) is 2.52. The zero-order chi connectivity index (χ0) is 15.2. The van der Waals surface area contributed by atoms with E-state index >= 15 is 0 Å². The third-order valence-corrected chi connectivity index (χ3v) is 4.29. The summed E-state index contributed by atoms with van der Waals surface area (Å²) < 4.78 is 0. The molecule has 2 unspecified atom stereocenters. The fraction of sp³-hybridized carbons (Fsp3) is 0.667. The zero-order valence-corrected chi connectivity index (χ0v) is 12.1. The second kappa shape index (κ2) is 7.23. The first-order chi connectivity index (χ1) is 10.1. The molecule has 1 amide bonds. The Morgan fingerprint density at radius 2 is 1.76 bits per heavy atom. The van der Waals surface area contributed by atoms with Crippen LogP contribution in [0.25, 0.3) is 0 Å². The second-order valence-electron chi connectivity index (χ2n) is 5.57. The monoisotopic (exact) mass is 291 g/mol. The fourth-order valence-corrected chi connectivity index (χ4v) is 2.99. The van der Waals surface area contributed by atoms with Crippen molar-refractivity contribution >= 4 is 11.9 Å². The smallest absolute Gasteiger partial charge is 0.307 e. The molecule has 0 saturated carbocycles. The number of nitrogens with zero attached hydrogens (tertiary/aromatic N) is 3. The van der Waals surface area contributed by atoms with Crippen molar-refractivity contribution in [2.45, 2.75) is 19.3 Å². The quantitative estimate of drug-likeness (QED) is 0.771. The summed E-state index contributed by atoms with van der Waals surface area (Å²) in [5.74, 6) is -1.95. The molecule has 0 spiro atoms. The third kappa shape index (κ3) is 3.82. The molecule has 1 saturated heterocycles. The van der Waals surface area contributed by atoms with Gasteiger partial charge in [0.05, 0.1) is 17.9 Å². The summed E-state index contributed by atoms with van der Waals surface area (Å²) in [7, 11) is 0. The number of carbonyl (C=O) groups is 2.